The van der Waals surface area contributed by atoms with Crippen LogP contribution in [0.5, 0.6) is 0 Å². The molecule has 4 nitrogen and oxygen atoms in total. The first-order valence-corrected chi connectivity index (χ1v) is 6.00. The van der Waals surface area contributed by atoms with E-state index in [9.17, 15) is 30.4 Å². The van der Waals surface area contributed by atoms with Crippen LogP contribution in [0.25, 0.3) is 0 Å². The van der Waals surface area contributed by atoms with E-state index in [0.29, 0.717) is 0 Å². The molecule has 0 aromatic rings. The van der Waals surface area contributed by atoms with Crippen LogP contribution in [0, 0.1) is 0 Å². The van der Waals surface area contributed by atoms with Crippen molar-refractivity contribution in [3.63, 3.8) is 0 Å². The molecule has 0 bridgehead atoms. The smallest absolute Gasteiger partial charge is 0.295 e. The van der Waals surface area contributed by atoms with Crippen LogP contribution >= 0.6 is 0 Å². The Morgan fingerprint density at radius 2 is 1.94 bits per heavy atom. The molecule has 0 aromatic carbocycles. The third-order valence-corrected chi connectivity index (χ3v) is 3.36. The van der Waals surface area contributed by atoms with E-state index >= 15 is 0 Å². The van der Waals surface area contributed by atoms with Crippen molar-refractivity contribution >= 4 is 10.1 Å². The molecule has 1 aliphatic rings. The van der Waals surface area contributed by atoms with Crippen molar-refractivity contribution in [3.05, 3.63) is 0 Å². The summed E-state index contributed by atoms with van der Waals surface area (Å²) in [4.78, 5) is 1.11. The van der Waals surface area contributed by atoms with Crippen molar-refractivity contribution in [1.29, 1.82) is 0 Å². The lowest BCUT2D eigenvalue weighted by atomic mass is 10.2. The maximum absolute atomic E-state index is 13.2. The third-order valence-electron chi connectivity index (χ3n) is 2.30. The molecule has 1 unspecified atom stereocenters. The molecule has 17 heavy (non-hydrogen) atoms. The number of hydrogen-bond donors (Lipinski definition) is 0. The van der Waals surface area contributed by atoms with Gasteiger partial charge in [-0.1, -0.05) is 6.92 Å². The lowest BCUT2D eigenvalue weighted by molar-refractivity contribution is -0.0852. The molecule has 0 amide bonds. The minimum absolute atomic E-state index is 0.168. The minimum Gasteiger partial charge on any atom is -0.295 e. The zero-order chi connectivity index (χ0) is 13.5. The van der Waals surface area contributed by atoms with Crippen LogP contribution in [0.15, 0.2) is 0 Å². The van der Waals surface area contributed by atoms with Crippen LogP contribution in [0.4, 0.5) is 22.0 Å². The van der Waals surface area contributed by atoms with Crippen LogP contribution in [0.3, 0.4) is 0 Å². The van der Waals surface area contributed by atoms with E-state index in [1.165, 1.54) is 6.92 Å². The molecule has 0 saturated carbocycles. The van der Waals surface area contributed by atoms with E-state index in [1.54, 1.807) is 0 Å². The summed E-state index contributed by atoms with van der Waals surface area (Å²) >= 11 is 0. The van der Waals surface area contributed by atoms with Gasteiger partial charge < -0.3 is 0 Å². The maximum atomic E-state index is 13.2. The second-order valence-corrected chi connectivity index (χ2v) is 5.14. The molecule has 1 atom stereocenters. The Morgan fingerprint density at radius 3 is 2.29 bits per heavy atom. The quantitative estimate of drug-likeness (QED) is 0.443. The van der Waals surface area contributed by atoms with Gasteiger partial charge in [-0.3, -0.25) is 9.08 Å². The van der Waals surface area contributed by atoms with Gasteiger partial charge in [0, 0.05) is 6.54 Å². The summed E-state index contributed by atoms with van der Waals surface area (Å²) in [5.74, 6) is -3.62. The van der Waals surface area contributed by atoms with E-state index in [2.05, 4.69) is 4.18 Å². The van der Waals surface area contributed by atoms with Crippen molar-refractivity contribution in [3.8, 4) is 0 Å². The van der Waals surface area contributed by atoms with E-state index in [4.69, 9.17) is 0 Å². The molecule has 10 heteroatoms. The molecule has 1 rings (SSSR count). The maximum Gasteiger partial charge on any atom is 0.523 e. The zero-order valence-electron chi connectivity index (χ0n) is 8.67. The average molecular weight is 283 g/mol. The number of alkyl halides is 5. The second-order valence-electron chi connectivity index (χ2n) is 3.57. The minimum atomic E-state index is -5.99. The number of likely N-dealkylation sites (N-methyl/N-ethyl adjacent to an activating group) is 1. The molecule has 0 N–H and O–H groups in total. The molecule has 102 valence electrons. The number of halogens is 5. The zero-order valence-corrected chi connectivity index (χ0v) is 9.49. The average Bonchev–Trinajstić information content (AvgIpc) is 2.39. The molecule has 1 heterocycles. The lowest BCUT2D eigenvalue weighted by Gasteiger charge is -2.18. The Labute approximate surface area is 94.5 Å². The van der Waals surface area contributed by atoms with Gasteiger partial charge in [0.05, 0.1) is 6.54 Å². The molecule has 0 radical (unpaired) electrons. The van der Waals surface area contributed by atoms with Gasteiger partial charge in [-0.2, -0.15) is 21.6 Å². The summed E-state index contributed by atoms with van der Waals surface area (Å²) in [6, 6.07) is 0. The summed E-state index contributed by atoms with van der Waals surface area (Å²) in [6.07, 6.45) is -2.30. The van der Waals surface area contributed by atoms with Crippen molar-refractivity contribution < 1.29 is 34.6 Å². The Balaban J connectivity index is 2.83. The monoisotopic (exact) mass is 283 g/mol. The number of likely N-dealkylation sites (tertiary alicyclic amines) is 1. The first-order valence-electron chi connectivity index (χ1n) is 4.59. The van der Waals surface area contributed by atoms with Gasteiger partial charge in [-0.15, -0.1) is 0 Å². The predicted molar refractivity (Wildman–Crippen MR) is 46.9 cm³/mol. The fourth-order valence-electron chi connectivity index (χ4n) is 1.38. The van der Waals surface area contributed by atoms with Gasteiger partial charge in [-0.25, -0.2) is 8.78 Å². The summed E-state index contributed by atoms with van der Waals surface area (Å²) < 4.78 is 86.9. The standard InChI is InChI=1S/C7H10F5NO3S/c1-2-13-3-5(6(8,9)4-13)16-17(14,15)7(10,11)12/h5H,2-4H2,1H3. The molecule has 1 fully saturated rings. The van der Waals surface area contributed by atoms with Crippen molar-refractivity contribution in [2.45, 2.75) is 24.5 Å². The summed E-state index contributed by atoms with van der Waals surface area (Å²) in [5, 5.41) is 0. The van der Waals surface area contributed by atoms with E-state index in [0.717, 1.165) is 4.90 Å². The molecule has 0 aliphatic carbocycles. The number of rotatable bonds is 3. The van der Waals surface area contributed by atoms with Gasteiger partial charge in [-0.05, 0) is 6.54 Å². The fourth-order valence-corrected chi connectivity index (χ4v) is 2.00. The van der Waals surface area contributed by atoms with Gasteiger partial charge >= 0.3 is 15.6 Å². The summed E-state index contributed by atoms with van der Waals surface area (Å²) in [5.41, 5.74) is -5.69. The molecule has 0 spiro atoms. The van der Waals surface area contributed by atoms with Gasteiger partial charge in [0.25, 0.3) is 5.92 Å². The van der Waals surface area contributed by atoms with Crippen LogP contribution in [0.1, 0.15) is 6.92 Å². The Kier molecular flexibility index (Phi) is 3.71. The highest BCUT2D eigenvalue weighted by molar-refractivity contribution is 7.87. The van der Waals surface area contributed by atoms with Gasteiger partial charge in [0.1, 0.15) is 0 Å². The predicted octanol–water partition coefficient (Wildman–Crippen LogP) is 1.19. The molecular weight excluding hydrogens is 273 g/mol. The first kappa shape index (κ1) is 14.6. The van der Waals surface area contributed by atoms with E-state index in [1.807, 2.05) is 0 Å². The highest BCUT2D eigenvalue weighted by Crippen LogP contribution is 2.34. The van der Waals surface area contributed by atoms with Crippen LogP contribution in [-0.4, -0.2) is 50.5 Å². The lowest BCUT2D eigenvalue weighted by Crippen LogP contribution is -2.39. The second kappa shape index (κ2) is 4.32. The van der Waals surface area contributed by atoms with Crippen LogP contribution < -0.4 is 0 Å². The fraction of sp³-hybridized carbons (Fsp3) is 1.00. The summed E-state index contributed by atoms with van der Waals surface area (Å²) in [6.45, 7) is 0.318. The van der Waals surface area contributed by atoms with Crippen molar-refractivity contribution in [1.82, 2.24) is 4.90 Å². The Hall–Kier alpha value is -0.480. The number of nitrogens with zero attached hydrogens (tertiary/aromatic N) is 1. The first-order chi connectivity index (χ1) is 7.49. The van der Waals surface area contributed by atoms with E-state index < -0.39 is 40.7 Å². The van der Waals surface area contributed by atoms with Gasteiger partial charge in [0.2, 0.25) is 0 Å². The molecule has 0 aromatic heterocycles. The van der Waals surface area contributed by atoms with Gasteiger partial charge in [0.15, 0.2) is 6.10 Å². The van der Waals surface area contributed by atoms with Crippen LogP contribution in [-0.2, 0) is 14.3 Å². The Bertz CT molecular complexity index is 379. The van der Waals surface area contributed by atoms with Crippen LogP contribution in [0.2, 0.25) is 0 Å². The molecule has 1 aliphatic heterocycles. The summed E-state index contributed by atoms with van der Waals surface area (Å²) in [7, 11) is -5.99. The molecular formula is C7H10F5NO3S. The Morgan fingerprint density at radius 1 is 1.41 bits per heavy atom. The van der Waals surface area contributed by atoms with E-state index in [-0.39, 0.29) is 6.54 Å². The number of hydrogen-bond acceptors (Lipinski definition) is 4. The molecule has 1 saturated heterocycles. The highest BCUT2D eigenvalue weighted by Gasteiger charge is 2.56. The topological polar surface area (TPSA) is 46.6 Å². The SMILES string of the molecule is CCN1CC(OS(=O)(=O)C(F)(F)F)C(F)(F)C1. The third kappa shape index (κ3) is 3.05. The van der Waals surface area contributed by atoms with Crippen molar-refractivity contribution in [2.24, 2.45) is 0 Å². The van der Waals surface area contributed by atoms with Crippen molar-refractivity contribution in [2.75, 3.05) is 19.6 Å². The normalized spacial score (nSPS) is 26.4. The largest absolute Gasteiger partial charge is 0.523 e. The highest BCUT2D eigenvalue weighted by atomic mass is 32.2.